The summed E-state index contributed by atoms with van der Waals surface area (Å²) in [5, 5.41) is 3.17. The first-order chi connectivity index (χ1) is 9.20. The van der Waals surface area contributed by atoms with Crippen molar-refractivity contribution in [2.45, 2.75) is 51.2 Å². The van der Waals surface area contributed by atoms with Crippen LogP contribution in [-0.2, 0) is 6.54 Å². The second-order valence-electron chi connectivity index (χ2n) is 5.15. The predicted octanol–water partition coefficient (Wildman–Crippen LogP) is 5.03. The number of benzene rings is 1. The van der Waals surface area contributed by atoms with Gasteiger partial charge in [0.1, 0.15) is 5.75 Å². The first kappa shape index (κ1) is 15.3. The first-order valence-corrected chi connectivity index (χ1v) is 8.58. The second-order valence-corrected chi connectivity index (χ2v) is 6.86. The van der Waals surface area contributed by atoms with E-state index in [1.807, 2.05) is 7.05 Å². The molecular weight excluding hydrogens is 370 g/mol. The molecule has 0 aromatic heterocycles. The van der Waals surface area contributed by atoms with Crippen LogP contribution in [0.4, 0.5) is 0 Å². The van der Waals surface area contributed by atoms with Crippen molar-refractivity contribution < 1.29 is 4.74 Å². The summed E-state index contributed by atoms with van der Waals surface area (Å²) in [7, 11) is 1.96. The maximum Gasteiger partial charge on any atom is 0.148 e. The van der Waals surface area contributed by atoms with Gasteiger partial charge in [-0.25, -0.2) is 0 Å². The Hall–Kier alpha value is -0.0600. The van der Waals surface area contributed by atoms with Crippen LogP contribution in [0.1, 0.15) is 44.1 Å². The Kier molecular flexibility index (Phi) is 6.17. The number of halogens is 2. The van der Waals surface area contributed by atoms with Gasteiger partial charge in [0, 0.05) is 6.54 Å². The van der Waals surface area contributed by atoms with E-state index in [1.54, 1.807) is 0 Å². The van der Waals surface area contributed by atoms with Crippen LogP contribution in [0.15, 0.2) is 21.1 Å². The molecule has 1 aliphatic carbocycles. The van der Waals surface area contributed by atoms with Gasteiger partial charge < -0.3 is 10.1 Å². The maximum absolute atomic E-state index is 6.22. The van der Waals surface area contributed by atoms with Crippen LogP contribution < -0.4 is 10.1 Å². The average molecular weight is 391 g/mol. The van der Waals surface area contributed by atoms with E-state index in [2.05, 4.69) is 49.3 Å². The molecule has 0 saturated heterocycles. The maximum atomic E-state index is 6.22. The van der Waals surface area contributed by atoms with E-state index in [-0.39, 0.29) is 0 Å². The Labute approximate surface area is 132 Å². The number of hydrogen-bond donors (Lipinski definition) is 1. The number of rotatable bonds is 4. The zero-order valence-corrected chi connectivity index (χ0v) is 14.5. The molecule has 1 saturated carbocycles. The van der Waals surface area contributed by atoms with Crippen molar-refractivity contribution in [3.05, 3.63) is 26.6 Å². The Balaban J connectivity index is 2.10. The first-order valence-electron chi connectivity index (χ1n) is 7.00. The Morgan fingerprint density at radius 3 is 2.21 bits per heavy atom. The molecule has 4 heteroatoms. The quantitative estimate of drug-likeness (QED) is 0.727. The van der Waals surface area contributed by atoms with Crippen LogP contribution in [-0.4, -0.2) is 13.2 Å². The zero-order valence-electron chi connectivity index (χ0n) is 11.3. The molecule has 0 aliphatic heterocycles. The van der Waals surface area contributed by atoms with Gasteiger partial charge in [-0.2, -0.15) is 0 Å². The smallest absolute Gasteiger partial charge is 0.148 e. The molecule has 1 aromatic carbocycles. The second kappa shape index (κ2) is 7.65. The molecule has 2 nitrogen and oxygen atoms in total. The molecule has 1 N–H and O–H groups in total. The Bertz CT molecular complexity index is 392. The Morgan fingerprint density at radius 1 is 1.11 bits per heavy atom. The van der Waals surface area contributed by atoms with Crippen molar-refractivity contribution in [3.8, 4) is 5.75 Å². The van der Waals surface area contributed by atoms with Crippen LogP contribution in [0.3, 0.4) is 0 Å². The minimum atomic E-state index is 0.366. The molecule has 19 heavy (non-hydrogen) atoms. The summed E-state index contributed by atoms with van der Waals surface area (Å²) >= 11 is 7.26. The number of nitrogens with one attached hydrogen (secondary N) is 1. The number of ether oxygens (including phenoxy) is 1. The van der Waals surface area contributed by atoms with E-state index < -0.39 is 0 Å². The molecule has 1 aromatic rings. The summed E-state index contributed by atoms with van der Waals surface area (Å²) in [5.74, 6) is 0.951. The fourth-order valence-electron chi connectivity index (χ4n) is 2.56. The fraction of sp³-hybridized carbons (Fsp3) is 0.600. The largest absolute Gasteiger partial charge is 0.488 e. The van der Waals surface area contributed by atoms with Gasteiger partial charge in [0.25, 0.3) is 0 Å². The van der Waals surface area contributed by atoms with Crippen LogP contribution in [0.5, 0.6) is 5.75 Å². The van der Waals surface area contributed by atoms with Gasteiger partial charge in [0.15, 0.2) is 0 Å². The highest BCUT2D eigenvalue weighted by molar-refractivity contribution is 9.11. The summed E-state index contributed by atoms with van der Waals surface area (Å²) in [6.45, 7) is 0.862. The van der Waals surface area contributed by atoms with Crippen molar-refractivity contribution in [2.75, 3.05) is 7.05 Å². The molecule has 0 atom stereocenters. The highest BCUT2D eigenvalue weighted by atomic mass is 79.9. The minimum absolute atomic E-state index is 0.366. The third kappa shape index (κ3) is 4.47. The molecular formula is C15H21Br2NO. The lowest BCUT2D eigenvalue weighted by molar-refractivity contribution is 0.181. The van der Waals surface area contributed by atoms with E-state index in [0.717, 1.165) is 21.2 Å². The van der Waals surface area contributed by atoms with Gasteiger partial charge in [-0.05, 0) is 82.3 Å². The normalized spacial score (nSPS) is 17.2. The molecule has 0 amide bonds. The molecule has 0 heterocycles. The average Bonchev–Trinajstić information content (AvgIpc) is 2.63. The SMILES string of the molecule is CNCc1cc(Br)c(OC2CCCCCC2)c(Br)c1. The van der Waals surface area contributed by atoms with Crippen LogP contribution in [0, 0.1) is 0 Å². The van der Waals surface area contributed by atoms with E-state index in [0.29, 0.717) is 6.10 Å². The van der Waals surface area contributed by atoms with Crippen molar-refractivity contribution in [1.29, 1.82) is 0 Å². The summed E-state index contributed by atoms with van der Waals surface area (Å²) in [6.07, 6.45) is 8.00. The molecule has 2 rings (SSSR count). The van der Waals surface area contributed by atoms with Crippen molar-refractivity contribution in [3.63, 3.8) is 0 Å². The van der Waals surface area contributed by atoms with Gasteiger partial charge in [0.05, 0.1) is 15.0 Å². The van der Waals surface area contributed by atoms with Crippen molar-refractivity contribution in [2.24, 2.45) is 0 Å². The summed E-state index contributed by atoms with van der Waals surface area (Å²) in [6, 6.07) is 4.26. The van der Waals surface area contributed by atoms with E-state index in [4.69, 9.17) is 4.74 Å². The molecule has 0 radical (unpaired) electrons. The van der Waals surface area contributed by atoms with E-state index in [9.17, 15) is 0 Å². The Morgan fingerprint density at radius 2 is 1.68 bits per heavy atom. The lowest BCUT2D eigenvalue weighted by atomic mass is 10.1. The lowest BCUT2D eigenvalue weighted by Gasteiger charge is -2.20. The van der Waals surface area contributed by atoms with E-state index in [1.165, 1.54) is 44.1 Å². The summed E-state index contributed by atoms with van der Waals surface area (Å²) in [5.41, 5.74) is 1.24. The standard InChI is InChI=1S/C15H21Br2NO/c1-18-10-11-8-13(16)15(14(17)9-11)19-12-6-4-2-3-5-7-12/h8-9,12,18H,2-7,10H2,1H3. The summed E-state index contributed by atoms with van der Waals surface area (Å²) < 4.78 is 8.29. The third-order valence-corrected chi connectivity index (χ3v) is 4.70. The van der Waals surface area contributed by atoms with Gasteiger partial charge in [-0.3, -0.25) is 0 Å². The number of hydrogen-bond acceptors (Lipinski definition) is 2. The van der Waals surface area contributed by atoms with Crippen LogP contribution >= 0.6 is 31.9 Å². The topological polar surface area (TPSA) is 21.3 Å². The highest BCUT2D eigenvalue weighted by Crippen LogP contribution is 2.37. The van der Waals surface area contributed by atoms with E-state index >= 15 is 0 Å². The van der Waals surface area contributed by atoms with Gasteiger partial charge in [-0.15, -0.1) is 0 Å². The predicted molar refractivity (Wildman–Crippen MR) is 86.7 cm³/mol. The summed E-state index contributed by atoms with van der Waals surface area (Å²) in [4.78, 5) is 0. The van der Waals surface area contributed by atoms with Gasteiger partial charge >= 0.3 is 0 Å². The molecule has 106 valence electrons. The highest BCUT2D eigenvalue weighted by Gasteiger charge is 2.17. The third-order valence-electron chi connectivity index (χ3n) is 3.53. The van der Waals surface area contributed by atoms with Crippen LogP contribution in [0.2, 0.25) is 0 Å². The van der Waals surface area contributed by atoms with Crippen molar-refractivity contribution in [1.82, 2.24) is 5.32 Å². The zero-order chi connectivity index (χ0) is 13.7. The molecule has 0 bridgehead atoms. The van der Waals surface area contributed by atoms with Gasteiger partial charge in [-0.1, -0.05) is 12.8 Å². The molecule has 1 aliphatic rings. The van der Waals surface area contributed by atoms with Crippen LogP contribution in [0.25, 0.3) is 0 Å². The van der Waals surface area contributed by atoms with Crippen molar-refractivity contribution >= 4 is 31.9 Å². The molecule has 1 fully saturated rings. The molecule has 0 spiro atoms. The molecule has 0 unspecified atom stereocenters. The van der Waals surface area contributed by atoms with Gasteiger partial charge in [0.2, 0.25) is 0 Å². The lowest BCUT2D eigenvalue weighted by Crippen LogP contribution is -2.16. The monoisotopic (exact) mass is 389 g/mol. The fourth-order valence-corrected chi connectivity index (χ4v) is 4.03. The minimum Gasteiger partial charge on any atom is -0.488 e.